The topological polar surface area (TPSA) is 98.1 Å². The number of nitrogens with one attached hydrogen (secondary N) is 1. The van der Waals surface area contributed by atoms with Gasteiger partial charge in [0.1, 0.15) is 16.3 Å². The first-order valence-electron chi connectivity index (χ1n) is 7.77. The highest BCUT2D eigenvalue weighted by atomic mass is 32.1. The number of ether oxygens (including phenoxy) is 2. The minimum atomic E-state index is -0.790. The molecule has 1 N–H and O–H groups in total. The fraction of sp³-hybridized carbons (Fsp3) is 0.167. The average molecular weight is 388 g/mol. The van der Waals surface area contributed by atoms with E-state index in [0.717, 1.165) is 0 Å². The zero-order valence-electron chi connectivity index (χ0n) is 14.8. The van der Waals surface area contributed by atoms with Gasteiger partial charge in [-0.1, -0.05) is 6.07 Å². The van der Waals surface area contributed by atoms with Crippen LogP contribution >= 0.6 is 11.3 Å². The largest absolute Gasteiger partial charge is 0.497 e. The lowest BCUT2D eigenvalue weighted by Gasteiger charge is -2.16. The molecule has 140 valence electrons. The van der Waals surface area contributed by atoms with E-state index >= 15 is 0 Å². The van der Waals surface area contributed by atoms with E-state index in [9.17, 15) is 14.4 Å². The number of hydrogen-bond acceptors (Lipinski definition) is 7. The molecule has 0 unspecified atom stereocenters. The summed E-state index contributed by atoms with van der Waals surface area (Å²) in [5.74, 6) is -0.154. The number of benzene rings is 1. The minimum absolute atomic E-state index is 0.193. The maximum absolute atomic E-state index is 12.5. The minimum Gasteiger partial charge on any atom is -0.497 e. The number of hydrogen-bond donors (Lipinski definition) is 1. The summed E-state index contributed by atoms with van der Waals surface area (Å²) < 4.78 is 15.4. The molecule has 8 nitrogen and oxygen atoms in total. The van der Waals surface area contributed by atoms with Gasteiger partial charge in [0.05, 0.1) is 18.9 Å². The Morgan fingerprint density at radius 1 is 1.19 bits per heavy atom. The maximum Gasteiger partial charge on any atom is 0.351 e. The SMILES string of the molecule is COC(=O)c1cc2sc(N(C)C(=O)Nc3cccc(OC)c3)cc2oc1=O. The van der Waals surface area contributed by atoms with Crippen molar-refractivity contribution in [2.75, 3.05) is 31.5 Å². The van der Waals surface area contributed by atoms with Crippen molar-refractivity contribution in [2.24, 2.45) is 0 Å². The van der Waals surface area contributed by atoms with E-state index in [2.05, 4.69) is 10.1 Å². The molecule has 3 rings (SSSR count). The third-order valence-corrected chi connectivity index (χ3v) is 4.91. The van der Waals surface area contributed by atoms with Crippen molar-refractivity contribution in [1.82, 2.24) is 0 Å². The van der Waals surface area contributed by atoms with Crippen molar-refractivity contribution in [3.05, 3.63) is 52.4 Å². The smallest absolute Gasteiger partial charge is 0.351 e. The van der Waals surface area contributed by atoms with Crippen LogP contribution in [-0.2, 0) is 4.74 Å². The van der Waals surface area contributed by atoms with Gasteiger partial charge in [0.2, 0.25) is 0 Å². The predicted octanol–water partition coefficient (Wildman–Crippen LogP) is 3.32. The Hall–Kier alpha value is -3.33. The molecule has 0 aliphatic heterocycles. The standard InChI is InChI=1S/C18H16N2O6S/c1-20(18(23)19-10-5-4-6-11(7-10)24-2)15-9-13-14(27-15)8-12(16(21)25-3)17(22)26-13/h4-9H,1-3H3,(H,19,23). The number of anilines is 2. The third-order valence-electron chi connectivity index (χ3n) is 3.77. The Labute approximate surface area is 157 Å². The maximum atomic E-state index is 12.5. The molecule has 2 aromatic heterocycles. The molecule has 0 aliphatic carbocycles. The van der Waals surface area contributed by atoms with Crippen LogP contribution in [0.1, 0.15) is 10.4 Å². The second-order valence-electron chi connectivity index (χ2n) is 5.47. The Morgan fingerprint density at radius 3 is 2.67 bits per heavy atom. The van der Waals surface area contributed by atoms with Gasteiger partial charge in [-0.2, -0.15) is 0 Å². The Morgan fingerprint density at radius 2 is 1.96 bits per heavy atom. The molecule has 3 aromatic rings. The Bertz CT molecular complexity index is 1070. The van der Waals surface area contributed by atoms with E-state index in [1.165, 1.54) is 29.4 Å². The molecule has 0 aliphatic rings. The summed E-state index contributed by atoms with van der Waals surface area (Å²) in [6.45, 7) is 0. The lowest BCUT2D eigenvalue weighted by atomic mass is 10.3. The summed E-state index contributed by atoms with van der Waals surface area (Å²) in [6, 6.07) is 9.54. The van der Waals surface area contributed by atoms with Crippen molar-refractivity contribution < 1.29 is 23.5 Å². The number of urea groups is 1. The van der Waals surface area contributed by atoms with Crippen molar-refractivity contribution in [3.8, 4) is 5.75 Å². The summed E-state index contributed by atoms with van der Waals surface area (Å²) in [5, 5.41) is 3.29. The highest BCUT2D eigenvalue weighted by molar-refractivity contribution is 7.22. The lowest BCUT2D eigenvalue weighted by Crippen LogP contribution is -2.30. The van der Waals surface area contributed by atoms with Gasteiger partial charge in [0, 0.05) is 24.9 Å². The molecule has 0 spiro atoms. The fourth-order valence-electron chi connectivity index (χ4n) is 2.33. The van der Waals surface area contributed by atoms with Crippen molar-refractivity contribution >= 4 is 44.3 Å². The number of methoxy groups -OCH3 is 2. The zero-order valence-corrected chi connectivity index (χ0v) is 15.6. The number of esters is 1. The van der Waals surface area contributed by atoms with Crippen LogP contribution in [0.3, 0.4) is 0 Å². The van der Waals surface area contributed by atoms with Gasteiger partial charge >= 0.3 is 17.6 Å². The van der Waals surface area contributed by atoms with Gasteiger partial charge < -0.3 is 19.2 Å². The van der Waals surface area contributed by atoms with Crippen LogP contribution in [0.15, 0.2) is 45.6 Å². The number of rotatable bonds is 4. The van der Waals surface area contributed by atoms with Crippen LogP contribution in [0, 0.1) is 0 Å². The van der Waals surface area contributed by atoms with E-state index < -0.39 is 11.6 Å². The van der Waals surface area contributed by atoms with Gasteiger partial charge in [-0.15, -0.1) is 11.3 Å². The quantitative estimate of drug-likeness (QED) is 0.689. The number of fused-ring (bicyclic) bond motifs is 1. The third kappa shape index (κ3) is 3.77. The van der Waals surface area contributed by atoms with Crippen molar-refractivity contribution in [3.63, 3.8) is 0 Å². The number of nitrogens with zero attached hydrogens (tertiary/aromatic N) is 1. The van der Waals surface area contributed by atoms with Gasteiger partial charge in [0.15, 0.2) is 5.58 Å². The number of carbonyl (C=O) groups excluding carboxylic acids is 2. The molecule has 0 saturated carbocycles. The van der Waals surface area contributed by atoms with Crippen molar-refractivity contribution in [1.29, 1.82) is 0 Å². The van der Waals surface area contributed by atoms with E-state index in [0.29, 0.717) is 21.1 Å². The fourth-order valence-corrected chi connectivity index (χ4v) is 3.32. The second-order valence-corrected chi connectivity index (χ2v) is 6.54. The molecular weight excluding hydrogens is 372 g/mol. The highest BCUT2D eigenvalue weighted by Crippen LogP contribution is 2.32. The Kier molecular flexibility index (Phi) is 5.13. The van der Waals surface area contributed by atoms with Gasteiger partial charge in [-0.3, -0.25) is 4.90 Å². The van der Waals surface area contributed by atoms with Gasteiger partial charge in [-0.25, -0.2) is 14.4 Å². The molecule has 0 fully saturated rings. The van der Waals surface area contributed by atoms with Gasteiger partial charge in [0.25, 0.3) is 0 Å². The monoisotopic (exact) mass is 388 g/mol. The summed E-state index contributed by atoms with van der Waals surface area (Å²) >= 11 is 1.20. The van der Waals surface area contributed by atoms with E-state index in [1.807, 2.05) is 0 Å². The van der Waals surface area contributed by atoms with Crippen LogP contribution in [0.5, 0.6) is 5.75 Å². The second kappa shape index (κ2) is 7.50. The summed E-state index contributed by atoms with van der Waals surface area (Å²) in [7, 11) is 4.31. The molecule has 2 amide bonds. The van der Waals surface area contributed by atoms with E-state index in [-0.39, 0.29) is 17.2 Å². The van der Waals surface area contributed by atoms with Crippen LogP contribution < -0.4 is 20.6 Å². The molecule has 0 radical (unpaired) electrons. The van der Waals surface area contributed by atoms with Crippen LogP contribution in [-0.4, -0.2) is 33.3 Å². The van der Waals surface area contributed by atoms with Crippen molar-refractivity contribution in [2.45, 2.75) is 0 Å². The van der Waals surface area contributed by atoms with Crippen LogP contribution in [0.4, 0.5) is 15.5 Å². The first-order valence-corrected chi connectivity index (χ1v) is 8.59. The number of thiophene rings is 1. The lowest BCUT2D eigenvalue weighted by molar-refractivity contribution is 0.0596. The van der Waals surface area contributed by atoms with Crippen LogP contribution in [0.25, 0.3) is 10.3 Å². The summed E-state index contributed by atoms with van der Waals surface area (Å²) in [6.07, 6.45) is 0. The highest BCUT2D eigenvalue weighted by Gasteiger charge is 2.19. The first-order chi connectivity index (χ1) is 12.9. The van der Waals surface area contributed by atoms with E-state index in [4.69, 9.17) is 9.15 Å². The molecule has 1 aromatic carbocycles. The Balaban J connectivity index is 1.86. The molecule has 0 bridgehead atoms. The summed E-state index contributed by atoms with van der Waals surface area (Å²) in [4.78, 5) is 37.4. The molecule has 0 saturated heterocycles. The first kappa shape index (κ1) is 18.5. The van der Waals surface area contributed by atoms with Gasteiger partial charge in [-0.05, 0) is 18.2 Å². The normalized spacial score (nSPS) is 10.5. The number of amides is 2. The summed E-state index contributed by atoms with van der Waals surface area (Å²) in [5.41, 5.74) is -0.121. The van der Waals surface area contributed by atoms with Crippen LogP contribution in [0.2, 0.25) is 0 Å². The molecule has 27 heavy (non-hydrogen) atoms. The zero-order chi connectivity index (χ0) is 19.6. The molecule has 2 heterocycles. The molecule has 0 atom stereocenters. The molecule has 9 heteroatoms. The number of carbonyl (C=O) groups is 2. The molecular formula is C18H16N2O6S. The average Bonchev–Trinajstić information content (AvgIpc) is 3.08. The van der Waals surface area contributed by atoms with E-state index in [1.54, 1.807) is 44.5 Å². The predicted molar refractivity (Wildman–Crippen MR) is 102 cm³/mol.